The molecule has 0 aliphatic carbocycles. The summed E-state index contributed by atoms with van der Waals surface area (Å²) < 4.78 is 31.5. The normalized spacial score (nSPS) is 13.4. The molecule has 4 aromatic rings. The van der Waals surface area contributed by atoms with Gasteiger partial charge in [-0.25, -0.2) is 4.85 Å². The Morgan fingerprint density at radius 1 is 1.04 bits per heavy atom. The summed E-state index contributed by atoms with van der Waals surface area (Å²) in [5, 5.41) is 2.00. The van der Waals surface area contributed by atoms with Crippen molar-refractivity contribution in [3.05, 3.63) is 70.2 Å². The van der Waals surface area contributed by atoms with Crippen LogP contribution in [-0.4, -0.2) is 0 Å². The predicted molar refractivity (Wildman–Crippen MR) is 106 cm³/mol. The summed E-state index contributed by atoms with van der Waals surface area (Å²) in [5.41, 5.74) is 7.01. The van der Waals surface area contributed by atoms with Crippen LogP contribution in [0.3, 0.4) is 0 Å². The van der Waals surface area contributed by atoms with Crippen molar-refractivity contribution in [3.8, 4) is 11.3 Å². The van der Waals surface area contributed by atoms with Gasteiger partial charge in [-0.05, 0) is 44.0 Å². The highest BCUT2D eigenvalue weighted by Gasteiger charge is 2.23. The van der Waals surface area contributed by atoms with E-state index in [9.17, 15) is 0 Å². The molecule has 0 aliphatic heterocycles. The van der Waals surface area contributed by atoms with Gasteiger partial charge in [0.2, 0.25) is 5.69 Å². The van der Waals surface area contributed by atoms with Crippen molar-refractivity contribution in [2.75, 3.05) is 0 Å². The highest BCUT2D eigenvalue weighted by atomic mass is 16.3. The number of fused-ring (bicyclic) bond motifs is 3. The lowest BCUT2D eigenvalue weighted by molar-refractivity contribution is -0.667. The lowest BCUT2D eigenvalue weighted by Crippen LogP contribution is -2.35. The Kier molecular flexibility index (Phi) is 2.88. The van der Waals surface area contributed by atoms with Crippen molar-refractivity contribution < 1.29 is 13.1 Å². The molecule has 3 nitrogen and oxygen atoms in total. The molecule has 2 aromatic carbocycles. The quantitative estimate of drug-likeness (QED) is 0.313. The maximum absolute atomic E-state index is 7.78. The summed E-state index contributed by atoms with van der Waals surface area (Å²) in [5.74, 6) is 0. The number of pyridine rings is 1. The summed E-state index contributed by atoms with van der Waals surface area (Å²) in [6.07, 6.45) is 0. The van der Waals surface area contributed by atoms with Gasteiger partial charge < -0.3 is 4.42 Å². The summed E-state index contributed by atoms with van der Waals surface area (Å²) in [6, 6.07) is 11.2. The maximum Gasteiger partial charge on any atom is 0.216 e. The first-order valence-corrected chi connectivity index (χ1v) is 8.48. The van der Waals surface area contributed by atoms with Crippen LogP contribution in [-0.2, 0) is 7.05 Å². The highest BCUT2D eigenvalue weighted by Crippen LogP contribution is 2.40. The van der Waals surface area contributed by atoms with Gasteiger partial charge in [0.05, 0.1) is 12.1 Å². The fourth-order valence-corrected chi connectivity index (χ4v) is 3.70. The van der Waals surface area contributed by atoms with Crippen LogP contribution < -0.4 is 4.57 Å². The zero-order chi connectivity index (χ0) is 21.1. The third-order valence-electron chi connectivity index (χ3n) is 5.17. The van der Waals surface area contributed by atoms with Crippen molar-refractivity contribution in [2.45, 2.75) is 27.6 Å². The van der Waals surface area contributed by atoms with Crippen LogP contribution >= 0.6 is 0 Å². The van der Waals surface area contributed by atoms with Crippen LogP contribution in [0.5, 0.6) is 0 Å². The molecule has 2 aromatic heterocycles. The number of rotatable bonds is 1. The number of hydrogen-bond acceptors (Lipinski definition) is 1. The van der Waals surface area contributed by atoms with E-state index in [0.29, 0.717) is 22.5 Å². The first-order valence-electron chi connectivity index (χ1n) is 9.98. The van der Waals surface area contributed by atoms with Crippen molar-refractivity contribution in [3.63, 3.8) is 0 Å². The number of aryl methyl sites for hydroxylation is 3. The second-order valence-corrected chi connectivity index (χ2v) is 6.76. The fraction of sp³-hybridized carbons (Fsp3) is 0.217. The fourth-order valence-electron chi connectivity index (χ4n) is 3.70. The molecule has 0 atom stereocenters. The van der Waals surface area contributed by atoms with E-state index in [1.807, 2.05) is 37.6 Å². The number of benzene rings is 2. The topological polar surface area (TPSA) is 21.4 Å². The second-order valence-electron chi connectivity index (χ2n) is 6.76. The van der Waals surface area contributed by atoms with Gasteiger partial charge in [-0.1, -0.05) is 18.2 Å². The summed E-state index contributed by atoms with van der Waals surface area (Å²) in [7, 11) is 1.88. The molecule has 4 rings (SSSR count). The molecule has 0 amide bonds. The minimum atomic E-state index is -2.16. The van der Waals surface area contributed by atoms with Crippen LogP contribution in [0.25, 0.3) is 38.0 Å². The SMILES string of the molecule is [2H]C([2H])([2H])c1ccc(-c2c(C)cc(C)c3c2oc2cc([N+]#[C-])ccc23)[n+](C)c1C. The molecular weight excluding hydrogens is 320 g/mol. The van der Waals surface area contributed by atoms with Crippen LogP contribution in [0.2, 0.25) is 0 Å². The van der Waals surface area contributed by atoms with Crippen LogP contribution in [0.15, 0.2) is 40.8 Å². The number of aromatic nitrogens is 1. The molecule has 128 valence electrons. The third kappa shape index (κ3) is 2.23. The zero-order valence-electron chi connectivity index (χ0n) is 18.3. The van der Waals surface area contributed by atoms with E-state index in [0.717, 1.165) is 38.7 Å². The van der Waals surface area contributed by atoms with Gasteiger partial charge in [-0.15, -0.1) is 0 Å². The molecule has 0 spiro atoms. The number of furan rings is 1. The minimum absolute atomic E-state index is 0.344. The lowest BCUT2D eigenvalue weighted by Gasteiger charge is -2.10. The van der Waals surface area contributed by atoms with E-state index in [4.69, 9.17) is 15.1 Å². The van der Waals surface area contributed by atoms with Crippen molar-refractivity contribution in [1.29, 1.82) is 0 Å². The average molecular weight is 344 g/mol. The Morgan fingerprint density at radius 3 is 2.58 bits per heavy atom. The molecule has 0 bridgehead atoms. The Labute approximate surface area is 157 Å². The van der Waals surface area contributed by atoms with Gasteiger partial charge in [-0.3, -0.25) is 0 Å². The molecule has 0 saturated carbocycles. The molecule has 26 heavy (non-hydrogen) atoms. The molecule has 3 heteroatoms. The predicted octanol–water partition coefficient (Wildman–Crippen LogP) is 5.86. The first kappa shape index (κ1) is 13.1. The second kappa shape index (κ2) is 5.71. The molecule has 0 aliphatic rings. The maximum atomic E-state index is 7.78. The third-order valence-corrected chi connectivity index (χ3v) is 5.17. The molecular formula is C23H21N2O+. The monoisotopic (exact) mass is 344 g/mol. The summed E-state index contributed by atoms with van der Waals surface area (Å²) in [4.78, 5) is 3.50. The Morgan fingerprint density at radius 2 is 1.85 bits per heavy atom. The van der Waals surface area contributed by atoms with E-state index in [1.165, 1.54) is 0 Å². The standard InChI is InChI=1S/C23H21N2O/c1-13-7-10-19(25(6)16(13)4)22-15(3)11-14(2)21-18-9-8-17(24-5)12-20(18)26-23(21)22/h7-12H,1-4,6H3/q+1/i1D3. The molecule has 0 unspecified atom stereocenters. The van der Waals surface area contributed by atoms with Gasteiger partial charge in [0, 0.05) is 33.4 Å². The van der Waals surface area contributed by atoms with Crippen LogP contribution in [0.1, 0.15) is 26.5 Å². The van der Waals surface area contributed by atoms with E-state index in [2.05, 4.69) is 17.8 Å². The van der Waals surface area contributed by atoms with E-state index in [1.54, 1.807) is 18.2 Å². The summed E-state index contributed by atoms with van der Waals surface area (Å²) in [6.45, 7) is 11.0. The van der Waals surface area contributed by atoms with Gasteiger partial charge in [0.25, 0.3) is 0 Å². The van der Waals surface area contributed by atoms with Gasteiger partial charge in [0.1, 0.15) is 18.2 Å². The minimum Gasteiger partial charge on any atom is -0.456 e. The van der Waals surface area contributed by atoms with Gasteiger partial charge in [0.15, 0.2) is 11.4 Å². The molecule has 0 N–H and O–H groups in total. The largest absolute Gasteiger partial charge is 0.456 e. The Balaban J connectivity index is 2.10. The van der Waals surface area contributed by atoms with Crippen molar-refractivity contribution in [1.82, 2.24) is 0 Å². The molecule has 0 fully saturated rings. The van der Waals surface area contributed by atoms with Crippen LogP contribution in [0, 0.1) is 34.2 Å². The Hall–Kier alpha value is -3.12. The van der Waals surface area contributed by atoms with E-state index in [-0.39, 0.29) is 0 Å². The lowest BCUT2D eigenvalue weighted by atomic mass is 9.96. The number of hydrogen-bond donors (Lipinski definition) is 0. The molecule has 0 radical (unpaired) electrons. The zero-order valence-corrected chi connectivity index (χ0v) is 15.3. The van der Waals surface area contributed by atoms with Crippen molar-refractivity contribution in [2.24, 2.45) is 7.05 Å². The van der Waals surface area contributed by atoms with Gasteiger partial charge >= 0.3 is 0 Å². The van der Waals surface area contributed by atoms with Crippen LogP contribution in [0.4, 0.5) is 5.69 Å². The molecule has 2 heterocycles. The highest BCUT2D eigenvalue weighted by molar-refractivity contribution is 6.12. The Bertz CT molecular complexity index is 1340. The number of nitrogens with zero attached hydrogens (tertiary/aromatic N) is 2. The molecule has 0 saturated heterocycles. The summed E-state index contributed by atoms with van der Waals surface area (Å²) >= 11 is 0. The van der Waals surface area contributed by atoms with Gasteiger partial charge in [-0.2, -0.15) is 4.57 Å². The van der Waals surface area contributed by atoms with Crippen molar-refractivity contribution >= 4 is 27.6 Å². The first-order chi connectivity index (χ1) is 13.6. The smallest absolute Gasteiger partial charge is 0.216 e. The van der Waals surface area contributed by atoms with E-state index >= 15 is 0 Å². The average Bonchev–Trinajstić information content (AvgIpc) is 3.02. The van der Waals surface area contributed by atoms with E-state index < -0.39 is 6.85 Å².